The zero-order valence-electron chi connectivity index (χ0n) is 21.8. The van der Waals surface area contributed by atoms with E-state index in [9.17, 15) is 35.5 Å². The molecule has 15 heteroatoms. The minimum atomic E-state index is -5.03. The minimum absolute atomic E-state index is 0.128. The number of nitrogens with zero attached hydrogens (tertiary/aromatic N) is 5. The van der Waals surface area contributed by atoms with E-state index in [0.29, 0.717) is 36.8 Å². The molecule has 0 saturated heterocycles. The average molecular weight is 597 g/mol. The monoisotopic (exact) mass is 597 g/mol. The summed E-state index contributed by atoms with van der Waals surface area (Å²) in [5.74, 6) is -3.94. The molecular formula is C27H22F7N5O3. The average Bonchev–Trinajstić information content (AvgIpc) is 3.41. The molecule has 0 bridgehead atoms. The number of aromatic nitrogens is 5. The molecule has 0 aliphatic heterocycles. The van der Waals surface area contributed by atoms with Gasteiger partial charge in [-0.25, -0.2) is 13.5 Å². The van der Waals surface area contributed by atoms with Crippen molar-refractivity contribution in [1.29, 1.82) is 0 Å². The number of benzene rings is 1. The molecule has 5 rings (SSSR count). The minimum Gasteiger partial charge on any atom is -0.404 e. The molecule has 222 valence electrons. The summed E-state index contributed by atoms with van der Waals surface area (Å²) in [6.45, 7) is 1.06. The topological polar surface area (TPSA) is 95.9 Å². The molecule has 0 N–H and O–H groups in total. The van der Waals surface area contributed by atoms with Gasteiger partial charge in [0, 0.05) is 17.8 Å². The molecule has 42 heavy (non-hydrogen) atoms. The third-order valence-electron chi connectivity index (χ3n) is 7.11. The Morgan fingerprint density at radius 1 is 1.10 bits per heavy atom. The predicted molar refractivity (Wildman–Crippen MR) is 132 cm³/mol. The molecule has 0 unspecified atom stereocenters. The highest BCUT2D eigenvalue weighted by Gasteiger charge is 2.33. The van der Waals surface area contributed by atoms with E-state index in [1.165, 1.54) is 24.4 Å². The summed E-state index contributed by atoms with van der Waals surface area (Å²) in [6, 6.07) is 5.66. The lowest BCUT2D eigenvalue weighted by Crippen LogP contribution is -2.30. The van der Waals surface area contributed by atoms with Crippen molar-refractivity contribution in [1.82, 2.24) is 24.9 Å². The summed E-state index contributed by atoms with van der Waals surface area (Å²) in [5, 5.41) is 7.62. The Morgan fingerprint density at radius 3 is 2.45 bits per heavy atom. The second-order valence-electron chi connectivity index (χ2n) is 9.87. The Bertz CT molecular complexity index is 1620. The van der Waals surface area contributed by atoms with Crippen LogP contribution in [0.4, 0.5) is 30.7 Å². The van der Waals surface area contributed by atoms with Crippen LogP contribution in [-0.2, 0) is 6.54 Å². The molecule has 3 heterocycles. The Hall–Kier alpha value is -4.30. The van der Waals surface area contributed by atoms with Gasteiger partial charge in [-0.2, -0.15) is 18.9 Å². The summed E-state index contributed by atoms with van der Waals surface area (Å²) in [5.41, 5.74) is 0.0156. The molecule has 1 fully saturated rings. The zero-order chi connectivity index (χ0) is 30.2. The molecule has 3 aromatic heterocycles. The SMILES string of the molecule is Cc1cc(F)cc(F)c1C1CCC(c2cc(-c3noc(C(F)F)n3)nn(Cc3ncccc3OC(F)(F)F)c2=O)CC1. The van der Waals surface area contributed by atoms with Gasteiger partial charge in [0.15, 0.2) is 5.75 Å². The van der Waals surface area contributed by atoms with Crippen LogP contribution in [0.2, 0.25) is 0 Å². The third kappa shape index (κ3) is 6.29. The van der Waals surface area contributed by atoms with E-state index in [2.05, 4.69) is 29.5 Å². The molecule has 8 nitrogen and oxygen atoms in total. The Labute approximate surface area is 233 Å². The van der Waals surface area contributed by atoms with Crippen LogP contribution < -0.4 is 10.3 Å². The summed E-state index contributed by atoms with van der Waals surface area (Å²) in [4.78, 5) is 21.1. The van der Waals surface area contributed by atoms with Crippen molar-refractivity contribution >= 4 is 0 Å². The van der Waals surface area contributed by atoms with Crippen molar-refractivity contribution in [2.45, 2.75) is 63.8 Å². The number of alkyl halides is 5. The maximum atomic E-state index is 14.6. The summed E-state index contributed by atoms with van der Waals surface area (Å²) in [6.07, 6.45) is -5.18. The number of aryl methyl sites for hydroxylation is 1. The van der Waals surface area contributed by atoms with Crippen molar-refractivity contribution in [3.05, 3.63) is 86.8 Å². The van der Waals surface area contributed by atoms with Crippen LogP contribution in [0, 0.1) is 18.6 Å². The first kappa shape index (κ1) is 29.2. The van der Waals surface area contributed by atoms with E-state index >= 15 is 0 Å². The first-order valence-electron chi connectivity index (χ1n) is 12.8. The fraction of sp³-hybridized carbons (Fsp3) is 0.370. The maximum Gasteiger partial charge on any atom is 0.573 e. The van der Waals surface area contributed by atoms with Crippen molar-refractivity contribution in [2.24, 2.45) is 0 Å². The van der Waals surface area contributed by atoms with E-state index in [1.807, 2.05) is 0 Å². The number of hydrogen-bond acceptors (Lipinski definition) is 7. The Morgan fingerprint density at radius 2 is 1.81 bits per heavy atom. The van der Waals surface area contributed by atoms with E-state index in [0.717, 1.165) is 16.8 Å². The molecule has 1 aliphatic rings. The van der Waals surface area contributed by atoms with Gasteiger partial charge in [0.25, 0.3) is 11.4 Å². The largest absolute Gasteiger partial charge is 0.573 e. The highest BCUT2D eigenvalue weighted by Crippen LogP contribution is 2.42. The zero-order valence-corrected chi connectivity index (χ0v) is 21.8. The fourth-order valence-corrected chi connectivity index (χ4v) is 5.32. The van der Waals surface area contributed by atoms with E-state index < -0.39 is 54.1 Å². The van der Waals surface area contributed by atoms with Gasteiger partial charge in [-0.15, -0.1) is 13.2 Å². The molecule has 0 atom stereocenters. The normalized spacial score (nSPS) is 17.5. The number of hydrogen-bond donors (Lipinski definition) is 0. The molecule has 0 radical (unpaired) electrons. The summed E-state index contributed by atoms with van der Waals surface area (Å²) < 4.78 is 103. The number of pyridine rings is 1. The Kier molecular flexibility index (Phi) is 8.01. The van der Waals surface area contributed by atoms with Crippen LogP contribution >= 0.6 is 0 Å². The van der Waals surface area contributed by atoms with Gasteiger partial charge in [0.1, 0.15) is 23.0 Å². The van der Waals surface area contributed by atoms with Crippen LogP contribution in [0.15, 0.2) is 45.8 Å². The highest BCUT2D eigenvalue weighted by molar-refractivity contribution is 5.49. The van der Waals surface area contributed by atoms with Crippen molar-refractivity contribution in [2.75, 3.05) is 0 Å². The highest BCUT2D eigenvalue weighted by atomic mass is 19.4. The Balaban J connectivity index is 1.50. The lowest BCUT2D eigenvalue weighted by Gasteiger charge is -2.30. The van der Waals surface area contributed by atoms with Crippen LogP contribution in [0.5, 0.6) is 5.75 Å². The van der Waals surface area contributed by atoms with E-state index in [1.54, 1.807) is 6.92 Å². The number of halogens is 7. The smallest absolute Gasteiger partial charge is 0.404 e. The van der Waals surface area contributed by atoms with Crippen molar-refractivity contribution in [3.63, 3.8) is 0 Å². The van der Waals surface area contributed by atoms with Crippen LogP contribution in [-0.4, -0.2) is 31.3 Å². The third-order valence-corrected chi connectivity index (χ3v) is 7.11. The van der Waals surface area contributed by atoms with Crippen molar-refractivity contribution in [3.8, 4) is 17.3 Å². The van der Waals surface area contributed by atoms with Gasteiger partial charge in [0.2, 0.25) is 5.82 Å². The molecule has 0 amide bonds. The summed E-state index contributed by atoms with van der Waals surface area (Å²) >= 11 is 0. The predicted octanol–water partition coefficient (Wildman–Crippen LogP) is 6.60. The first-order valence-corrected chi connectivity index (χ1v) is 12.8. The lowest BCUT2D eigenvalue weighted by atomic mass is 9.75. The van der Waals surface area contributed by atoms with Gasteiger partial charge in [-0.3, -0.25) is 9.78 Å². The van der Waals surface area contributed by atoms with Crippen molar-refractivity contribution < 1.29 is 40.0 Å². The molecule has 1 aromatic carbocycles. The number of rotatable bonds is 7. The molecular weight excluding hydrogens is 575 g/mol. The number of ether oxygens (including phenoxy) is 1. The van der Waals surface area contributed by atoms with Gasteiger partial charge in [-0.05, 0) is 79.8 Å². The standard InChI is InChI=1S/C27H22F7N5O3/c1-13-9-16(28)10-18(29)22(13)15-6-4-14(5-7-15)17-11-19(24-36-25(23(30)31)42-38-24)37-39(26(17)40)12-20-21(3-2-8-35-20)41-27(32,33)34/h2-3,8-11,14-15,23H,4-7,12H2,1H3. The van der Waals surface area contributed by atoms with E-state index in [4.69, 9.17) is 0 Å². The first-order chi connectivity index (χ1) is 19.9. The lowest BCUT2D eigenvalue weighted by molar-refractivity contribution is -0.275. The van der Waals surface area contributed by atoms with E-state index in [-0.39, 0.29) is 28.7 Å². The molecule has 1 saturated carbocycles. The summed E-state index contributed by atoms with van der Waals surface area (Å²) in [7, 11) is 0. The molecule has 4 aromatic rings. The molecule has 0 spiro atoms. The molecule has 1 aliphatic carbocycles. The van der Waals surface area contributed by atoms with Crippen LogP contribution in [0.3, 0.4) is 0 Å². The maximum absolute atomic E-state index is 14.6. The fourth-order valence-electron chi connectivity index (χ4n) is 5.32. The quantitative estimate of drug-likeness (QED) is 0.222. The second-order valence-corrected chi connectivity index (χ2v) is 9.87. The van der Waals surface area contributed by atoms with Crippen LogP contribution in [0.1, 0.15) is 72.2 Å². The van der Waals surface area contributed by atoms with Crippen LogP contribution in [0.25, 0.3) is 11.5 Å². The van der Waals surface area contributed by atoms with Gasteiger partial charge < -0.3 is 9.26 Å². The van der Waals surface area contributed by atoms with Gasteiger partial charge in [-0.1, -0.05) is 5.16 Å². The second kappa shape index (κ2) is 11.5. The van der Waals surface area contributed by atoms with Gasteiger partial charge in [0.05, 0.1) is 6.54 Å². The van der Waals surface area contributed by atoms with Gasteiger partial charge >= 0.3 is 12.8 Å².